The van der Waals surface area contributed by atoms with E-state index in [1.807, 2.05) is 0 Å². The molecule has 1 aromatic carbocycles. The minimum atomic E-state index is 0.552. The molecule has 0 aliphatic carbocycles. The molecule has 96 valence electrons. The van der Waals surface area contributed by atoms with Gasteiger partial charge in [0.2, 0.25) is 0 Å². The van der Waals surface area contributed by atoms with Crippen LogP contribution in [-0.4, -0.2) is 26.2 Å². The first-order chi connectivity index (χ1) is 8.22. The zero-order chi connectivity index (χ0) is 12.7. The van der Waals surface area contributed by atoms with Gasteiger partial charge in [0.05, 0.1) is 19.8 Å². The summed E-state index contributed by atoms with van der Waals surface area (Å²) in [6.45, 7) is 3.80. The highest BCUT2D eigenvalue weighted by molar-refractivity contribution is 9.09. The van der Waals surface area contributed by atoms with Crippen LogP contribution in [0.4, 0.5) is 0 Å². The van der Waals surface area contributed by atoms with Gasteiger partial charge >= 0.3 is 0 Å². The molecular weight excluding hydrogens is 284 g/mol. The molecule has 1 aromatic rings. The van der Waals surface area contributed by atoms with Gasteiger partial charge in [0.15, 0.2) is 0 Å². The molecule has 0 heterocycles. The molecule has 0 unspecified atom stereocenters. The predicted octanol–water partition coefficient (Wildman–Crippen LogP) is 3.06. The maximum Gasteiger partial charge on any atom is 0.130 e. The molecule has 0 aliphatic rings. The van der Waals surface area contributed by atoms with Crippen LogP contribution < -0.4 is 4.74 Å². The van der Waals surface area contributed by atoms with Crippen LogP contribution >= 0.6 is 15.9 Å². The van der Waals surface area contributed by atoms with Crippen LogP contribution in [0.2, 0.25) is 0 Å². The van der Waals surface area contributed by atoms with E-state index >= 15 is 0 Å². The van der Waals surface area contributed by atoms with Crippen molar-refractivity contribution in [3.8, 4) is 5.75 Å². The second-order valence-corrected chi connectivity index (χ2v) is 4.61. The zero-order valence-electron chi connectivity index (χ0n) is 10.6. The molecular formula is C13H19BrO3. The summed E-state index contributed by atoms with van der Waals surface area (Å²) in [7, 11) is 3.37. The summed E-state index contributed by atoms with van der Waals surface area (Å²) in [5.74, 6) is 0.888. The lowest BCUT2D eigenvalue weighted by molar-refractivity contribution is 0.171. The zero-order valence-corrected chi connectivity index (χ0v) is 12.2. The van der Waals surface area contributed by atoms with Crippen LogP contribution in [0.5, 0.6) is 5.75 Å². The fraction of sp³-hybridized carbons (Fsp3) is 0.538. The fourth-order valence-electron chi connectivity index (χ4n) is 1.78. The minimum Gasteiger partial charge on any atom is -0.492 e. The molecule has 0 amide bonds. The molecule has 0 saturated heterocycles. The van der Waals surface area contributed by atoms with Crippen molar-refractivity contribution in [1.82, 2.24) is 0 Å². The number of hydrogen-bond acceptors (Lipinski definition) is 3. The number of benzene rings is 1. The number of halogens is 1. The molecule has 4 heteroatoms. The highest BCUT2D eigenvalue weighted by atomic mass is 79.9. The van der Waals surface area contributed by atoms with E-state index in [0.29, 0.717) is 19.8 Å². The Bertz CT molecular complexity index is 326. The van der Waals surface area contributed by atoms with E-state index in [4.69, 9.17) is 14.2 Å². The van der Waals surface area contributed by atoms with Crippen molar-refractivity contribution in [1.29, 1.82) is 0 Å². The van der Waals surface area contributed by atoms with Crippen molar-refractivity contribution >= 4 is 15.9 Å². The summed E-state index contributed by atoms with van der Waals surface area (Å²) in [6.07, 6.45) is 0. The van der Waals surface area contributed by atoms with E-state index in [9.17, 15) is 0 Å². The van der Waals surface area contributed by atoms with Gasteiger partial charge in [0.1, 0.15) is 5.75 Å². The number of rotatable bonds is 7. The summed E-state index contributed by atoms with van der Waals surface area (Å²) >= 11 is 3.36. The number of aryl methyl sites for hydroxylation is 1. The van der Waals surface area contributed by atoms with E-state index in [0.717, 1.165) is 22.2 Å². The van der Waals surface area contributed by atoms with Crippen molar-refractivity contribution in [2.24, 2.45) is 0 Å². The molecule has 0 spiro atoms. The van der Waals surface area contributed by atoms with Crippen LogP contribution in [0.3, 0.4) is 0 Å². The topological polar surface area (TPSA) is 27.7 Å². The molecule has 1 rings (SSSR count). The molecule has 0 atom stereocenters. The Balaban J connectivity index is 3.06. The largest absolute Gasteiger partial charge is 0.492 e. The molecule has 0 bridgehead atoms. The first-order valence-electron chi connectivity index (χ1n) is 5.52. The van der Waals surface area contributed by atoms with Crippen LogP contribution in [0.25, 0.3) is 0 Å². The van der Waals surface area contributed by atoms with Crippen molar-refractivity contribution < 1.29 is 14.2 Å². The van der Waals surface area contributed by atoms with Gasteiger partial charge in [-0.25, -0.2) is 0 Å². The third-order valence-electron chi connectivity index (χ3n) is 2.31. The number of ether oxygens (including phenoxy) is 3. The smallest absolute Gasteiger partial charge is 0.130 e. The van der Waals surface area contributed by atoms with Gasteiger partial charge in [0.25, 0.3) is 0 Å². The Kier molecular flexibility index (Phi) is 6.55. The predicted molar refractivity (Wildman–Crippen MR) is 71.9 cm³/mol. The van der Waals surface area contributed by atoms with Crippen molar-refractivity contribution in [2.45, 2.75) is 20.1 Å². The lowest BCUT2D eigenvalue weighted by atomic mass is 10.1. The first kappa shape index (κ1) is 14.5. The average molecular weight is 303 g/mol. The lowest BCUT2D eigenvalue weighted by Gasteiger charge is -2.16. The fourth-order valence-corrected chi connectivity index (χ4v) is 1.94. The monoisotopic (exact) mass is 302 g/mol. The minimum absolute atomic E-state index is 0.552. The maximum atomic E-state index is 5.77. The van der Waals surface area contributed by atoms with E-state index in [-0.39, 0.29) is 0 Å². The summed E-state index contributed by atoms with van der Waals surface area (Å²) in [5.41, 5.74) is 3.33. The lowest BCUT2D eigenvalue weighted by Crippen LogP contribution is -2.06. The van der Waals surface area contributed by atoms with E-state index in [1.54, 1.807) is 14.2 Å². The quantitative estimate of drug-likeness (QED) is 0.725. The summed E-state index contributed by atoms with van der Waals surface area (Å²) in [4.78, 5) is 0. The second kappa shape index (κ2) is 7.69. The summed E-state index contributed by atoms with van der Waals surface area (Å²) in [5, 5.41) is 0.805. The number of alkyl halides is 1. The SMILES string of the molecule is COCc1cc(C)cc(COC)c1OCCBr. The molecule has 3 nitrogen and oxygen atoms in total. The van der Waals surface area contributed by atoms with Crippen molar-refractivity contribution in [2.75, 3.05) is 26.2 Å². The molecule has 0 aliphatic heterocycles. The number of methoxy groups -OCH3 is 2. The van der Waals surface area contributed by atoms with Crippen LogP contribution in [0.15, 0.2) is 12.1 Å². The molecule has 0 radical (unpaired) electrons. The average Bonchev–Trinajstić information content (AvgIpc) is 2.29. The molecule has 0 aromatic heterocycles. The molecule has 17 heavy (non-hydrogen) atoms. The Morgan fingerprint density at radius 1 is 1.06 bits per heavy atom. The number of hydrogen-bond donors (Lipinski definition) is 0. The molecule has 0 saturated carbocycles. The van der Waals surface area contributed by atoms with Gasteiger partial charge in [-0.3, -0.25) is 0 Å². The van der Waals surface area contributed by atoms with E-state index in [2.05, 4.69) is 35.0 Å². The van der Waals surface area contributed by atoms with E-state index < -0.39 is 0 Å². The Morgan fingerprint density at radius 3 is 2.00 bits per heavy atom. The van der Waals surface area contributed by atoms with Gasteiger partial charge in [-0.2, -0.15) is 0 Å². The Labute approximate surface area is 111 Å². The molecule has 0 fully saturated rings. The van der Waals surface area contributed by atoms with Crippen molar-refractivity contribution in [3.05, 3.63) is 28.8 Å². The summed E-state index contributed by atoms with van der Waals surface area (Å²) in [6, 6.07) is 4.18. The van der Waals surface area contributed by atoms with Gasteiger partial charge in [-0.1, -0.05) is 33.6 Å². The normalized spacial score (nSPS) is 10.6. The van der Waals surface area contributed by atoms with Gasteiger partial charge < -0.3 is 14.2 Å². The standard InChI is InChI=1S/C13H19BrO3/c1-10-6-11(8-15-2)13(17-5-4-14)12(7-10)9-16-3/h6-7H,4-5,8-9H2,1-3H3. The van der Waals surface area contributed by atoms with Crippen LogP contribution in [0.1, 0.15) is 16.7 Å². The maximum absolute atomic E-state index is 5.77. The van der Waals surface area contributed by atoms with Gasteiger partial charge in [-0.15, -0.1) is 0 Å². The van der Waals surface area contributed by atoms with Crippen LogP contribution in [0, 0.1) is 6.92 Å². The second-order valence-electron chi connectivity index (χ2n) is 3.82. The highest BCUT2D eigenvalue weighted by Gasteiger charge is 2.11. The van der Waals surface area contributed by atoms with Gasteiger partial charge in [0, 0.05) is 30.7 Å². The van der Waals surface area contributed by atoms with Gasteiger partial charge in [-0.05, 0) is 6.92 Å². The third-order valence-corrected chi connectivity index (χ3v) is 2.63. The molecule has 0 N–H and O–H groups in total. The van der Waals surface area contributed by atoms with E-state index in [1.165, 1.54) is 5.56 Å². The Hall–Kier alpha value is -0.580. The summed E-state index contributed by atoms with van der Waals surface area (Å²) < 4.78 is 16.2. The third kappa shape index (κ3) is 4.30. The van der Waals surface area contributed by atoms with Crippen LogP contribution in [-0.2, 0) is 22.7 Å². The highest BCUT2D eigenvalue weighted by Crippen LogP contribution is 2.27. The first-order valence-corrected chi connectivity index (χ1v) is 6.64. The Morgan fingerprint density at radius 2 is 1.59 bits per heavy atom. The van der Waals surface area contributed by atoms with Crippen molar-refractivity contribution in [3.63, 3.8) is 0 Å².